The minimum Gasteiger partial charge on any atom is -0.481 e. The van der Waals surface area contributed by atoms with Gasteiger partial charge < -0.3 is 36.9 Å². The highest BCUT2D eigenvalue weighted by Crippen LogP contribution is 2.09. The Labute approximate surface area is 241 Å². The molecule has 0 bridgehead atoms. The first-order chi connectivity index (χ1) is 20.1. The average molecular weight is 579 g/mol. The van der Waals surface area contributed by atoms with E-state index in [1.165, 1.54) is 12.5 Å². The summed E-state index contributed by atoms with van der Waals surface area (Å²) in [5, 5.41) is 26.4. The topological polar surface area (TPSA) is 217 Å². The summed E-state index contributed by atoms with van der Waals surface area (Å²) in [5.74, 6) is -4.55. The van der Waals surface area contributed by atoms with Crippen molar-refractivity contribution in [1.29, 1.82) is 0 Å². The zero-order valence-electron chi connectivity index (χ0n) is 22.7. The third-order valence-electron chi connectivity index (χ3n) is 6.43. The minimum absolute atomic E-state index is 0.0284. The number of aliphatic carboxylic acids is 2. The first-order valence-electron chi connectivity index (χ1n) is 13.3. The number of H-pyrrole nitrogens is 1. The van der Waals surface area contributed by atoms with Crippen molar-refractivity contribution >= 4 is 29.7 Å². The van der Waals surface area contributed by atoms with Crippen molar-refractivity contribution in [3.8, 4) is 0 Å². The van der Waals surface area contributed by atoms with E-state index in [1.54, 1.807) is 60.7 Å². The summed E-state index contributed by atoms with van der Waals surface area (Å²) in [5.41, 5.74) is 7.76. The average Bonchev–Trinajstić information content (AvgIpc) is 3.49. The van der Waals surface area contributed by atoms with E-state index in [2.05, 4.69) is 25.9 Å². The van der Waals surface area contributed by atoms with Gasteiger partial charge in [-0.2, -0.15) is 0 Å². The van der Waals surface area contributed by atoms with E-state index in [-0.39, 0.29) is 32.1 Å². The lowest BCUT2D eigenvalue weighted by Gasteiger charge is -2.25. The third-order valence-corrected chi connectivity index (χ3v) is 6.43. The van der Waals surface area contributed by atoms with Crippen molar-refractivity contribution in [3.63, 3.8) is 0 Å². The van der Waals surface area contributed by atoms with Crippen molar-refractivity contribution < 1.29 is 34.2 Å². The molecule has 4 atom stereocenters. The number of imidazole rings is 1. The number of carbonyl (C=O) groups is 5. The number of nitrogens with zero attached hydrogens (tertiary/aromatic N) is 1. The molecular formula is C29H34N6O7. The molecule has 0 radical (unpaired) electrons. The summed E-state index contributed by atoms with van der Waals surface area (Å²) in [4.78, 5) is 69.3. The Morgan fingerprint density at radius 1 is 0.738 bits per heavy atom. The van der Waals surface area contributed by atoms with Crippen LogP contribution in [-0.4, -0.2) is 74.0 Å². The van der Waals surface area contributed by atoms with Gasteiger partial charge in [0, 0.05) is 37.6 Å². The molecule has 0 aliphatic rings. The van der Waals surface area contributed by atoms with E-state index in [9.17, 15) is 29.1 Å². The summed E-state index contributed by atoms with van der Waals surface area (Å²) in [6.07, 6.45) is 2.42. The Hall–Kier alpha value is -5.04. The molecule has 1 heterocycles. The van der Waals surface area contributed by atoms with Gasteiger partial charge in [-0.25, -0.2) is 9.78 Å². The molecule has 42 heavy (non-hydrogen) atoms. The Morgan fingerprint density at radius 2 is 1.24 bits per heavy atom. The molecular weight excluding hydrogens is 544 g/mol. The molecule has 8 N–H and O–H groups in total. The highest BCUT2D eigenvalue weighted by Gasteiger charge is 2.31. The monoisotopic (exact) mass is 578 g/mol. The van der Waals surface area contributed by atoms with Crippen LogP contribution >= 0.6 is 0 Å². The number of carboxylic acids is 2. The quantitative estimate of drug-likeness (QED) is 0.123. The number of carboxylic acid groups (broad SMARTS) is 2. The van der Waals surface area contributed by atoms with Crippen LogP contribution in [0.15, 0.2) is 73.2 Å². The zero-order chi connectivity index (χ0) is 30.5. The Kier molecular flexibility index (Phi) is 11.7. The van der Waals surface area contributed by atoms with Crippen LogP contribution in [-0.2, 0) is 43.2 Å². The fraction of sp³-hybridized carbons (Fsp3) is 0.310. The number of carbonyl (C=O) groups excluding carboxylic acids is 3. The van der Waals surface area contributed by atoms with Crippen molar-refractivity contribution in [2.75, 3.05) is 0 Å². The minimum atomic E-state index is -1.26. The van der Waals surface area contributed by atoms with Gasteiger partial charge in [0.05, 0.1) is 12.4 Å². The molecule has 0 saturated carbocycles. The van der Waals surface area contributed by atoms with Gasteiger partial charge in [-0.15, -0.1) is 0 Å². The summed E-state index contributed by atoms with van der Waals surface area (Å²) in [6.45, 7) is 0. The normalized spacial score (nSPS) is 13.6. The number of hydrogen-bond acceptors (Lipinski definition) is 7. The molecule has 0 spiro atoms. The van der Waals surface area contributed by atoms with E-state index in [1.807, 2.05) is 0 Å². The number of amides is 3. The van der Waals surface area contributed by atoms with Gasteiger partial charge in [0.25, 0.3) is 0 Å². The molecule has 0 fully saturated rings. The van der Waals surface area contributed by atoms with Crippen molar-refractivity contribution in [1.82, 2.24) is 25.9 Å². The lowest BCUT2D eigenvalue weighted by Crippen LogP contribution is -2.58. The van der Waals surface area contributed by atoms with Gasteiger partial charge in [-0.05, 0) is 17.5 Å². The lowest BCUT2D eigenvalue weighted by molar-refractivity contribution is -0.142. The number of aromatic amines is 1. The van der Waals surface area contributed by atoms with E-state index >= 15 is 0 Å². The van der Waals surface area contributed by atoms with Crippen LogP contribution in [0.5, 0.6) is 0 Å². The Bertz CT molecular complexity index is 1340. The third kappa shape index (κ3) is 10.2. The number of rotatable bonds is 16. The van der Waals surface area contributed by atoms with Crippen LogP contribution in [0.25, 0.3) is 0 Å². The van der Waals surface area contributed by atoms with Crippen LogP contribution in [0.3, 0.4) is 0 Å². The molecule has 3 amide bonds. The predicted octanol–water partition coefficient (Wildman–Crippen LogP) is 0.169. The van der Waals surface area contributed by atoms with Gasteiger partial charge in [0.2, 0.25) is 17.7 Å². The van der Waals surface area contributed by atoms with Gasteiger partial charge in [0.1, 0.15) is 18.1 Å². The number of benzene rings is 2. The van der Waals surface area contributed by atoms with Crippen LogP contribution < -0.4 is 21.7 Å². The smallest absolute Gasteiger partial charge is 0.326 e. The first-order valence-corrected chi connectivity index (χ1v) is 13.3. The molecule has 3 rings (SSSR count). The molecule has 0 saturated heterocycles. The van der Waals surface area contributed by atoms with E-state index < -0.39 is 53.8 Å². The highest BCUT2D eigenvalue weighted by atomic mass is 16.4. The first kappa shape index (κ1) is 31.5. The molecule has 13 nitrogen and oxygen atoms in total. The van der Waals surface area contributed by atoms with E-state index in [4.69, 9.17) is 10.8 Å². The SMILES string of the molecule is N[C@@H](CCC(=O)O)C(=O)N[C@@H](Cc1cnc[nH]1)C(=O)N[C@@H](Cc1ccccc1)C(=O)N[C@H](Cc1ccccc1)C(=O)O. The Balaban J connectivity index is 1.80. The second-order valence-corrected chi connectivity index (χ2v) is 9.72. The largest absolute Gasteiger partial charge is 0.481 e. The maximum absolute atomic E-state index is 13.5. The fourth-order valence-corrected chi connectivity index (χ4v) is 4.17. The lowest BCUT2D eigenvalue weighted by atomic mass is 10.0. The molecule has 2 aromatic carbocycles. The summed E-state index contributed by atoms with van der Waals surface area (Å²) >= 11 is 0. The summed E-state index contributed by atoms with van der Waals surface area (Å²) in [6, 6.07) is 12.8. The number of hydrogen-bond donors (Lipinski definition) is 7. The maximum atomic E-state index is 13.5. The second-order valence-electron chi connectivity index (χ2n) is 9.72. The highest BCUT2D eigenvalue weighted by molar-refractivity contribution is 5.94. The Morgan fingerprint density at radius 3 is 1.74 bits per heavy atom. The number of nitrogens with two attached hydrogens (primary N) is 1. The van der Waals surface area contributed by atoms with Gasteiger partial charge in [-0.3, -0.25) is 19.2 Å². The van der Waals surface area contributed by atoms with E-state index in [0.717, 1.165) is 0 Å². The van der Waals surface area contributed by atoms with Crippen molar-refractivity contribution in [2.45, 2.75) is 56.3 Å². The van der Waals surface area contributed by atoms with Crippen LogP contribution in [0.4, 0.5) is 0 Å². The number of nitrogens with one attached hydrogen (secondary N) is 4. The molecule has 3 aromatic rings. The number of aromatic nitrogens is 2. The summed E-state index contributed by atoms with van der Waals surface area (Å²) < 4.78 is 0. The predicted molar refractivity (Wildman–Crippen MR) is 151 cm³/mol. The van der Waals surface area contributed by atoms with E-state index in [0.29, 0.717) is 16.8 Å². The molecule has 0 aliphatic carbocycles. The fourth-order valence-electron chi connectivity index (χ4n) is 4.17. The van der Waals surface area contributed by atoms with Crippen molar-refractivity contribution in [2.24, 2.45) is 5.73 Å². The van der Waals surface area contributed by atoms with Crippen molar-refractivity contribution in [3.05, 3.63) is 90.0 Å². The van der Waals surface area contributed by atoms with Crippen LogP contribution in [0.2, 0.25) is 0 Å². The maximum Gasteiger partial charge on any atom is 0.326 e. The van der Waals surface area contributed by atoms with Gasteiger partial charge in [0.15, 0.2) is 0 Å². The van der Waals surface area contributed by atoms with Crippen LogP contribution in [0, 0.1) is 0 Å². The second kappa shape index (κ2) is 15.7. The molecule has 0 aliphatic heterocycles. The molecule has 222 valence electrons. The van der Waals surface area contributed by atoms with Crippen LogP contribution in [0.1, 0.15) is 29.7 Å². The molecule has 0 unspecified atom stereocenters. The molecule has 1 aromatic heterocycles. The zero-order valence-corrected chi connectivity index (χ0v) is 22.7. The van der Waals surface area contributed by atoms with Gasteiger partial charge in [-0.1, -0.05) is 60.7 Å². The van der Waals surface area contributed by atoms with Gasteiger partial charge >= 0.3 is 11.9 Å². The molecule has 13 heteroatoms. The standard InChI is InChI=1S/C29H34N6O7/c30-21(11-12-25(36)37)26(38)33-23(15-20-16-31-17-32-20)28(40)34-22(13-18-7-3-1-4-8-18)27(39)35-24(29(41)42)14-19-9-5-2-6-10-19/h1-10,16-17,21-24H,11-15,30H2,(H,31,32)(H,33,38)(H,34,40)(H,35,39)(H,36,37)(H,41,42)/t21-,22-,23-,24+/m0/s1. The summed E-state index contributed by atoms with van der Waals surface area (Å²) in [7, 11) is 0.